The van der Waals surface area contributed by atoms with E-state index >= 15 is 0 Å². The summed E-state index contributed by atoms with van der Waals surface area (Å²) in [6.07, 6.45) is -2.86. The van der Waals surface area contributed by atoms with Crippen LogP contribution in [0.2, 0.25) is 0 Å². The van der Waals surface area contributed by atoms with E-state index in [0.29, 0.717) is 65.5 Å². The number of sulfonamides is 2. The number of ether oxygens (including phenoxy) is 2. The van der Waals surface area contributed by atoms with Crippen LogP contribution in [0.1, 0.15) is 44.6 Å². The van der Waals surface area contributed by atoms with Crippen LogP contribution >= 0.6 is 40.1 Å². The van der Waals surface area contributed by atoms with E-state index in [4.69, 9.17) is 28.8 Å². The molecule has 0 spiro atoms. The quantitative estimate of drug-likeness (QED) is 0.0464. The van der Waals surface area contributed by atoms with E-state index in [0.717, 1.165) is 0 Å². The van der Waals surface area contributed by atoms with Gasteiger partial charge < -0.3 is 20.1 Å². The van der Waals surface area contributed by atoms with Gasteiger partial charge in [-0.25, -0.2) is 36.5 Å². The molecule has 2 aromatic heterocycles. The van der Waals surface area contributed by atoms with Crippen LogP contribution in [0.4, 0.5) is 0 Å². The SMILES string of the molecule is COc1ccc(-c2cc(C(=O)NC(O[P+](=O)OC(NC(=O)c3cc(-c4ccc(OC)cc4)n(-c4ccc(S(N)(=O)=O)cc4)n3)c3ccc(Br)cc3)c3ccc(Br)cc3)nn2-c2ccc(S(N)(=O)=O)cc2)cc1. The Morgan fingerprint density at radius 3 is 1.18 bits per heavy atom. The Morgan fingerprint density at radius 1 is 0.542 bits per heavy atom. The number of carbonyl (C=O) groups excluding carboxylic acids is 2. The van der Waals surface area contributed by atoms with Gasteiger partial charge in [-0.1, -0.05) is 65.2 Å². The molecule has 0 bridgehead atoms. The summed E-state index contributed by atoms with van der Waals surface area (Å²) in [5.74, 6) is -0.367. The lowest BCUT2D eigenvalue weighted by atomic mass is 10.1. The highest BCUT2D eigenvalue weighted by atomic mass is 79.9. The molecule has 19 nitrogen and oxygen atoms in total. The average Bonchev–Trinajstić information content (AvgIpc) is 4.03. The smallest absolute Gasteiger partial charge is 0.497 e. The van der Waals surface area contributed by atoms with Crippen LogP contribution in [0.5, 0.6) is 11.5 Å². The van der Waals surface area contributed by atoms with E-state index in [-0.39, 0.29) is 21.2 Å². The summed E-state index contributed by atoms with van der Waals surface area (Å²) < 4.78 is 89.2. The van der Waals surface area contributed by atoms with Crippen molar-refractivity contribution in [3.63, 3.8) is 0 Å². The van der Waals surface area contributed by atoms with Crippen molar-refractivity contribution in [2.45, 2.75) is 22.2 Å². The van der Waals surface area contributed by atoms with Gasteiger partial charge in [0.2, 0.25) is 32.5 Å². The lowest BCUT2D eigenvalue weighted by Gasteiger charge is -2.15. The van der Waals surface area contributed by atoms with Gasteiger partial charge in [0.15, 0.2) is 11.4 Å². The number of nitrogens with zero attached hydrogens (tertiary/aromatic N) is 4. The fourth-order valence-corrected chi connectivity index (χ4v) is 9.37. The number of nitrogens with one attached hydrogen (secondary N) is 2. The maximum Gasteiger partial charge on any atom is 0.702 e. The zero-order valence-electron chi connectivity index (χ0n) is 37.6. The molecular formula is C48H40Br2N8O11PS2+. The number of rotatable bonds is 18. The molecule has 8 aromatic rings. The third-order valence-corrected chi connectivity index (χ3v) is 14.4. The van der Waals surface area contributed by atoms with Crippen molar-refractivity contribution < 1.29 is 49.5 Å². The summed E-state index contributed by atoms with van der Waals surface area (Å²) in [6.45, 7) is 0. The van der Waals surface area contributed by atoms with Crippen molar-refractivity contribution in [3.8, 4) is 45.4 Å². The summed E-state index contributed by atoms with van der Waals surface area (Å²) in [5, 5.41) is 25.4. The van der Waals surface area contributed by atoms with E-state index in [1.165, 1.54) is 84.2 Å². The van der Waals surface area contributed by atoms with E-state index in [9.17, 15) is 31.0 Å². The van der Waals surface area contributed by atoms with E-state index in [1.54, 1.807) is 97.1 Å². The Bertz CT molecular complexity index is 3280. The fourth-order valence-electron chi connectivity index (χ4n) is 7.07. The summed E-state index contributed by atoms with van der Waals surface area (Å²) in [5.41, 5.74) is 3.41. The van der Waals surface area contributed by atoms with Crippen LogP contribution in [0.25, 0.3) is 33.9 Å². The van der Waals surface area contributed by atoms with E-state index in [2.05, 4.69) is 52.7 Å². The molecule has 72 heavy (non-hydrogen) atoms. The van der Waals surface area contributed by atoms with Gasteiger partial charge in [0.25, 0.3) is 11.8 Å². The first-order valence-corrected chi connectivity index (χ1v) is 26.8. The molecule has 8 rings (SSSR count). The highest BCUT2D eigenvalue weighted by Gasteiger charge is 2.36. The molecule has 0 aliphatic heterocycles. The lowest BCUT2D eigenvalue weighted by Crippen LogP contribution is -2.31. The van der Waals surface area contributed by atoms with Crippen LogP contribution in [-0.4, -0.2) is 62.4 Å². The van der Waals surface area contributed by atoms with Crippen molar-refractivity contribution in [2.75, 3.05) is 14.2 Å². The number of aromatic nitrogens is 4. The second kappa shape index (κ2) is 21.8. The zero-order chi connectivity index (χ0) is 51.3. The highest BCUT2D eigenvalue weighted by Crippen LogP contribution is 2.38. The molecule has 24 heteroatoms. The van der Waals surface area contributed by atoms with E-state index in [1.807, 2.05) is 0 Å². The molecule has 2 heterocycles. The van der Waals surface area contributed by atoms with Crippen LogP contribution in [0.15, 0.2) is 176 Å². The van der Waals surface area contributed by atoms with Gasteiger partial charge in [-0.3, -0.25) is 9.59 Å². The number of carbonyl (C=O) groups is 2. The number of nitrogens with two attached hydrogens (primary N) is 2. The molecule has 0 saturated heterocycles. The third kappa shape index (κ3) is 12.2. The van der Waals surface area contributed by atoms with Crippen molar-refractivity contribution in [2.24, 2.45) is 10.3 Å². The largest absolute Gasteiger partial charge is 0.702 e. The van der Waals surface area contributed by atoms with Crippen LogP contribution in [0, 0.1) is 0 Å². The summed E-state index contributed by atoms with van der Waals surface area (Å²) in [6, 6.07) is 41.4. The Labute approximate surface area is 430 Å². The molecule has 0 saturated carbocycles. The molecule has 6 N–H and O–H groups in total. The third-order valence-electron chi connectivity index (χ3n) is 10.7. The molecule has 0 aliphatic rings. The van der Waals surface area contributed by atoms with Crippen molar-refractivity contribution in [1.82, 2.24) is 30.2 Å². The van der Waals surface area contributed by atoms with Crippen LogP contribution in [0.3, 0.4) is 0 Å². The summed E-state index contributed by atoms with van der Waals surface area (Å²) >= 11 is 6.83. The second-order valence-electron chi connectivity index (χ2n) is 15.4. The number of methoxy groups -OCH3 is 2. The Balaban J connectivity index is 1.09. The second-order valence-corrected chi connectivity index (χ2v) is 21.3. The van der Waals surface area contributed by atoms with Gasteiger partial charge in [-0.2, -0.15) is 10.2 Å². The van der Waals surface area contributed by atoms with E-state index < -0.39 is 52.6 Å². The fraction of sp³-hybridized carbons (Fsp3) is 0.0833. The Morgan fingerprint density at radius 2 is 0.875 bits per heavy atom. The predicted molar refractivity (Wildman–Crippen MR) is 272 cm³/mol. The molecule has 6 aromatic carbocycles. The topological polar surface area (TPSA) is 268 Å². The molecule has 0 radical (unpaired) electrons. The monoisotopic (exact) mass is 1160 g/mol. The number of benzene rings is 6. The molecule has 2 unspecified atom stereocenters. The predicted octanol–water partition coefficient (Wildman–Crippen LogP) is 8.48. The van der Waals surface area contributed by atoms with Crippen molar-refractivity contribution >= 4 is 72.0 Å². The minimum absolute atomic E-state index is 0.105. The average molecular weight is 1160 g/mol. The summed E-state index contributed by atoms with van der Waals surface area (Å²) in [4.78, 5) is 28.3. The van der Waals surface area contributed by atoms with Gasteiger partial charge in [-0.05, 0) is 133 Å². The maximum absolute atomic E-state index is 14.3. The molecule has 0 fully saturated rings. The number of hydrogen-bond donors (Lipinski definition) is 4. The van der Waals surface area contributed by atoms with Crippen LogP contribution in [-0.2, 0) is 33.7 Å². The summed E-state index contributed by atoms with van der Waals surface area (Å²) in [7, 11) is -8.17. The van der Waals surface area contributed by atoms with Gasteiger partial charge in [0, 0.05) is 35.8 Å². The van der Waals surface area contributed by atoms with Gasteiger partial charge in [0.05, 0.1) is 46.8 Å². The van der Waals surface area contributed by atoms with Crippen LogP contribution < -0.4 is 30.4 Å². The molecule has 2 amide bonds. The number of primary sulfonamides is 2. The molecule has 368 valence electrons. The first-order valence-electron chi connectivity index (χ1n) is 21.1. The van der Waals surface area contributed by atoms with Gasteiger partial charge in [-0.15, -0.1) is 0 Å². The first kappa shape index (κ1) is 51.4. The van der Waals surface area contributed by atoms with Gasteiger partial charge >= 0.3 is 8.25 Å². The molecule has 2 atom stereocenters. The molecule has 0 aliphatic carbocycles. The Kier molecular flexibility index (Phi) is 15.6. The highest BCUT2D eigenvalue weighted by molar-refractivity contribution is 9.10. The maximum atomic E-state index is 14.3. The minimum Gasteiger partial charge on any atom is -0.497 e. The number of hydrogen-bond acceptors (Lipinski definition) is 13. The van der Waals surface area contributed by atoms with Crippen molar-refractivity contribution in [3.05, 3.63) is 189 Å². The normalized spacial score (nSPS) is 12.7. The minimum atomic E-state index is -4.01. The zero-order valence-corrected chi connectivity index (χ0v) is 43.3. The van der Waals surface area contributed by atoms with Gasteiger partial charge in [0.1, 0.15) is 11.5 Å². The molecular weight excluding hydrogens is 1120 g/mol. The number of halogens is 2. The Hall–Kier alpha value is -6.92. The standard InChI is InChI=1S/C48H39Br2N8O11PS2/c1-66-37-19-7-29(8-20-37)43-27-41(55-57(43)35-15-23-39(24-16-35)71(51,62)63)45(59)53-47(31-3-11-33(49)12-4-31)68-70(61)69-48(32-5-13-34(50)14-6-32)54-46(60)42-28-44(30-9-21-38(67-2)22-10-30)58(56-42)36-17-25-40(26-18-36)72(52,64)65/h3-28,47-48H,1-2H3,(H5-,51,52,53,54,59,60,62,63,64,65)/p+1. The number of amides is 2. The lowest BCUT2D eigenvalue weighted by molar-refractivity contribution is 0.0688. The first-order chi connectivity index (χ1) is 34.4. The van der Waals surface area contributed by atoms with Crippen molar-refractivity contribution in [1.29, 1.82) is 0 Å².